The Hall–Kier alpha value is -2.25. The third kappa shape index (κ3) is 4.42. The molecule has 2 aromatic rings. The third-order valence-corrected chi connectivity index (χ3v) is 6.08. The van der Waals surface area contributed by atoms with Crippen LogP contribution in [0.4, 0.5) is 0 Å². The van der Waals surface area contributed by atoms with E-state index >= 15 is 0 Å². The summed E-state index contributed by atoms with van der Waals surface area (Å²) in [7, 11) is 5.00. The molecule has 146 valence electrons. The Morgan fingerprint density at radius 3 is 2.68 bits per heavy atom. The van der Waals surface area contributed by atoms with Crippen LogP contribution in [0.1, 0.15) is 16.7 Å². The van der Waals surface area contributed by atoms with E-state index in [0.29, 0.717) is 28.2 Å². The van der Waals surface area contributed by atoms with Gasteiger partial charge in [-0.1, -0.05) is 45.8 Å². The van der Waals surface area contributed by atoms with E-state index in [2.05, 4.69) is 40.0 Å². The van der Waals surface area contributed by atoms with Crippen molar-refractivity contribution in [3.05, 3.63) is 62.5 Å². The van der Waals surface area contributed by atoms with Crippen molar-refractivity contribution in [1.82, 2.24) is 4.90 Å². The molecule has 0 bridgehead atoms. The van der Waals surface area contributed by atoms with Crippen LogP contribution in [0.2, 0.25) is 0 Å². The van der Waals surface area contributed by atoms with Crippen molar-refractivity contribution in [2.24, 2.45) is 4.99 Å². The van der Waals surface area contributed by atoms with Gasteiger partial charge in [0.2, 0.25) is 0 Å². The lowest BCUT2D eigenvalue weighted by Crippen LogP contribution is -2.23. The second-order valence-corrected chi connectivity index (χ2v) is 8.15. The molecule has 28 heavy (non-hydrogen) atoms. The zero-order valence-electron chi connectivity index (χ0n) is 16.2. The van der Waals surface area contributed by atoms with E-state index in [1.54, 1.807) is 26.1 Å². The lowest BCUT2D eigenvalue weighted by Gasteiger charge is -2.13. The quantitative estimate of drug-likeness (QED) is 0.596. The molecular formula is C21H21BrN2O3S. The highest BCUT2D eigenvalue weighted by Crippen LogP contribution is 2.38. The summed E-state index contributed by atoms with van der Waals surface area (Å²) in [6, 6.07) is 11.9. The molecule has 1 aliphatic rings. The van der Waals surface area contributed by atoms with Crippen molar-refractivity contribution in [2.75, 3.05) is 21.2 Å². The molecule has 0 saturated carbocycles. The summed E-state index contributed by atoms with van der Waals surface area (Å²) in [5.41, 5.74) is 3.11. The Balaban J connectivity index is 1.86. The lowest BCUT2D eigenvalue weighted by atomic mass is 10.1. The number of rotatable bonds is 5. The van der Waals surface area contributed by atoms with Crippen molar-refractivity contribution < 1.29 is 14.3 Å². The normalized spacial score (nSPS) is 16.9. The van der Waals surface area contributed by atoms with Gasteiger partial charge in [0.05, 0.1) is 12.0 Å². The maximum Gasteiger partial charge on any atom is 0.266 e. The predicted octanol–water partition coefficient (Wildman–Crippen LogP) is 4.88. The van der Waals surface area contributed by atoms with Gasteiger partial charge in [0.1, 0.15) is 6.61 Å². The summed E-state index contributed by atoms with van der Waals surface area (Å²) in [5, 5.41) is 0.678. The number of thioether (sulfide) groups is 1. The molecule has 1 amide bonds. The van der Waals surface area contributed by atoms with E-state index in [1.807, 2.05) is 30.3 Å². The minimum atomic E-state index is -0.0729. The van der Waals surface area contributed by atoms with Gasteiger partial charge in [-0.15, -0.1) is 0 Å². The summed E-state index contributed by atoms with van der Waals surface area (Å²) in [6.07, 6.45) is 1.83. The summed E-state index contributed by atoms with van der Waals surface area (Å²) in [4.78, 5) is 18.7. The number of carbonyl (C=O) groups is 1. The number of ether oxygens (including phenoxy) is 2. The monoisotopic (exact) mass is 460 g/mol. The molecule has 0 unspecified atom stereocenters. The van der Waals surface area contributed by atoms with E-state index in [-0.39, 0.29) is 5.91 Å². The first-order valence-electron chi connectivity index (χ1n) is 8.63. The molecule has 1 fully saturated rings. The smallest absolute Gasteiger partial charge is 0.266 e. The summed E-state index contributed by atoms with van der Waals surface area (Å²) >= 11 is 4.93. The number of amides is 1. The van der Waals surface area contributed by atoms with Crippen molar-refractivity contribution in [2.45, 2.75) is 13.5 Å². The topological polar surface area (TPSA) is 51.1 Å². The van der Waals surface area contributed by atoms with Gasteiger partial charge in [0, 0.05) is 18.6 Å². The number of nitrogens with zero attached hydrogens (tertiary/aromatic N) is 2. The molecule has 0 N–H and O–H groups in total. The van der Waals surface area contributed by atoms with E-state index in [1.165, 1.54) is 17.3 Å². The van der Waals surface area contributed by atoms with Gasteiger partial charge < -0.3 is 9.47 Å². The predicted molar refractivity (Wildman–Crippen MR) is 118 cm³/mol. The molecule has 0 spiro atoms. The van der Waals surface area contributed by atoms with E-state index in [4.69, 9.17) is 9.47 Å². The average molecular weight is 461 g/mol. The number of halogens is 1. The number of methoxy groups -OCH3 is 1. The van der Waals surface area contributed by atoms with Gasteiger partial charge >= 0.3 is 0 Å². The summed E-state index contributed by atoms with van der Waals surface area (Å²) in [5.74, 6) is 1.17. The first kappa shape index (κ1) is 20.5. The maximum absolute atomic E-state index is 12.4. The van der Waals surface area contributed by atoms with Crippen LogP contribution >= 0.6 is 27.7 Å². The molecule has 1 aliphatic heterocycles. The number of aryl methyl sites for hydroxylation is 1. The number of aliphatic imine (C=N–C) groups is 1. The number of hydrogen-bond donors (Lipinski definition) is 0. The van der Waals surface area contributed by atoms with Crippen molar-refractivity contribution in [3.8, 4) is 11.5 Å². The van der Waals surface area contributed by atoms with Crippen molar-refractivity contribution >= 4 is 44.8 Å². The number of benzene rings is 2. The van der Waals surface area contributed by atoms with Crippen LogP contribution in [0.15, 0.2) is 50.8 Å². The number of carbonyl (C=O) groups excluding carboxylic acids is 1. The largest absolute Gasteiger partial charge is 0.493 e. The fourth-order valence-electron chi connectivity index (χ4n) is 2.79. The van der Waals surface area contributed by atoms with Crippen molar-refractivity contribution in [3.63, 3.8) is 0 Å². The zero-order chi connectivity index (χ0) is 20.3. The number of amidine groups is 1. The SMILES string of the molecule is CN=C1S/C(=C/c2cc(OC)c(OCc3cccc(C)c3)cc2Br)C(=O)N1C. The maximum atomic E-state index is 12.4. The minimum absolute atomic E-state index is 0.0729. The number of likely N-dealkylation sites (N-methyl/N-ethyl adjacent to an activating group) is 1. The highest BCUT2D eigenvalue weighted by molar-refractivity contribution is 9.10. The Kier molecular flexibility index (Phi) is 6.46. The highest BCUT2D eigenvalue weighted by atomic mass is 79.9. The summed E-state index contributed by atoms with van der Waals surface area (Å²) < 4.78 is 12.3. The van der Waals surface area contributed by atoms with E-state index < -0.39 is 0 Å². The van der Waals surface area contributed by atoms with Crippen LogP contribution in [-0.4, -0.2) is 37.2 Å². The van der Waals surface area contributed by atoms with Gasteiger partial charge in [-0.2, -0.15) is 0 Å². The van der Waals surface area contributed by atoms with Crippen LogP contribution in [0.5, 0.6) is 11.5 Å². The molecule has 1 saturated heterocycles. The zero-order valence-corrected chi connectivity index (χ0v) is 18.6. The third-order valence-electron chi connectivity index (χ3n) is 4.24. The molecule has 2 aromatic carbocycles. The second kappa shape index (κ2) is 8.84. The standard InChI is InChI=1S/C21H21BrN2O3S/c1-13-6-5-7-14(8-13)12-27-18-11-16(22)15(9-17(18)26-4)10-19-20(25)24(3)21(23-2)28-19/h5-11H,12H2,1-4H3/b19-10+,23-21?. The van der Waals surface area contributed by atoms with Crippen LogP contribution in [0, 0.1) is 6.92 Å². The van der Waals surface area contributed by atoms with Crippen LogP contribution in [0.3, 0.4) is 0 Å². The fraction of sp³-hybridized carbons (Fsp3) is 0.238. The highest BCUT2D eigenvalue weighted by Gasteiger charge is 2.30. The Bertz CT molecular complexity index is 972. The minimum Gasteiger partial charge on any atom is -0.493 e. The molecule has 3 rings (SSSR count). The fourth-order valence-corrected chi connectivity index (χ4v) is 4.14. The molecule has 0 radical (unpaired) electrons. The molecular weight excluding hydrogens is 440 g/mol. The van der Waals surface area contributed by atoms with Gasteiger partial charge in [-0.05, 0) is 48.0 Å². The Morgan fingerprint density at radius 1 is 1.25 bits per heavy atom. The molecule has 1 heterocycles. The van der Waals surface area contributed by atoms with Crippen LogP contribution in [-0.2, 0) is 11.4 Å². The second-order valence-electron chi connectivity index (χ2n) is 6.28. The van der Waals surface area contributed by atoms with Gasteiger partial charge in [-0.3, -0.25) is 14.7 Å². The molecule has 0 aromatic heterocycles. The first-order valence-corrected chi connectivity index (χ1v) is 10.2. The lowest BCUT2D eigenvalue weighted by molar-refractivity contribution is -0.121. The van der Waals surface area contributed by atoms with Gasteiger partial charge in [-0.25, -0.2) is 0 Å². The molecule has 7 heteroatoms. The Morgan fingerprint density at radius 2 is 2.04 bits per heavy atom. The number of hydrogen-bond acceptors (Lipinski definition) is 5. The molecule has 0 aliphatic carbocycles. The van der Waals surface area contributed by atoms with E-state index in [0.717, 1.165) is 15.6 Å². The Labute approximate surface area is 177 Å². The summed E-state index contributed by atoms with van der Waals surface area (Å²) in [6.45, 7) is 2.50. The molecule has 5 nitrogen and oxygen atoms in total. The van der Waals surface area contributed by atoms with Crippen LogP contribution < -0.4 is 9.47 Å². The van der Waals surface area contributed by atoms with Gasteiger partial charge in [0.25, 0.3) is 5.91 Å². The van der Waals surface area contributed by atoms with Gasteiger partial charge in [0.15, 0.2) is 16.7 Å². The molecule has 0 atom stereocenters. The van der Waals surface area contributed by atoms with Crippen molar-refractivity contribution in [1.29, 1.82) is 0 Å². The average Bonchev–Trinajstić information content (AvgIpc) is 2.95. The first-order chi connectivity index (χ1) is 13.4. The van der Waals surface area contributed by atoms with Crippen LogP contribution in [0.25, 0.3) is 6.08 Å². The van der Waals surface area contributed by atoms with E-state index in [9.17, 15) is 4.79 Å².